The van der Waals surface area contributed by atoms with Gasteiger partial charge in [0.05, 0.1) is 5.92 Å². The zero-order valence-corrected chi connectivity index (χ0v) is 9.89. The maximum absolute atomic E-state index is 5.79. The van der Waals surface area contributed by atoms with Gasteiger partial charge in [0.1, 0.15) is 0 Å². The molecule has 1 aliphatic rings. The number of rotatable bonds is 4. The molecule has 2 rings (SSSR count). The molecule has 2 N–H and O–H groups in total. The molecule has 4 heteroatoms. The van der Waals surface area contributed by atoms with Gasteiger partial charge in [0.2, 0.25) is 5.89 Å². The van der Waals surface area contributed by atoms with Crippen molar-refractivity contribution in [3.05, 3.63) is 23.9 Å². The average molecular weight is 221 g/mol. The van der Waals surface area contributed by atoms with E-state index in [1.165, 1.54) is 0 Å². The molecule has 0 saturated carbocycles. The Morgan fingerprint density at radius 1 is 1.50 bits per heavy atom. The SMILES string of the molecule is CC(C)CCc1noc(C2C=CC(N)C2)n1. The first-order valence-electron chi connectivity index (χ1n) is 5.91. The number of hydrogen-bond acceptors (Lipinski definition) is 4. The number of hydrogen-bond donors (Lipinski definition) is 1. The highest BCUT2D eigenvalue weighted by molar-refractivity contribution is 5.15. The Morgan fingerprint density at radius 3 is 2.94 bits per heavy atom. The molecule has 0 aliphatic heterocycles. The summed E-state index contributed by atoms with van der Waals surface area (Å²) < 4.78 is 5.26. The highest BCUT2D eigenvalue weighted by atomic mass is 16.5. The molecule has 1 aromatic heterocycles. The second kappa shape index (κ2) is 4.78. The molecule has 0 radical (unpaired) electrons. The smallest absolute Gasteiger partial charge is 0.233 e. The molecule has 0 bridgehead atoms. The molecule has 2 atom stereocenters. The summed E-state index contributed by atoms with van der Waals surface area (Å²) in [5, 5.41) is 4.00. The van der Waals surface area contributed by atoms with E-state index >= 15 is 0 Å². The van der Waals surface area contributed by atoms with Gasteiger partial charge in [0.15, 0.2) is 5.82 Å². The van der Waals surface area contributed by atoms with Crippen molar-refractivity contribution in [3.63, 3.8) is 0 Å². The van der Waals surface area contributed by atoms with Crippen LogP contribution in [0.1, 0.15) is 44.3 Å². The number of nitrogens with zero attached hydrogens (tertiary/aromatic N) is 2. The summed E-state index contributed by atoms with van der Waals surface area (Å²) >= 11 is 0. The third-order valence-corrected chi connectivity index (χ3v) is 2.86. The van der Waals surface area contributed by atoms with Gasteiger partial charge in [-0.1, -0.05) is 31.2 Å². The van der Waals surface area contributed by atoms with Crippen molar-refractivity contribution in [1.82, 2.24) is 10.1 Å². The number of nitrogens with two attached hydrogens (primary N) is 1. The standard InChI is InChI=1S/C12H19N3O/c1-8(2)3-6-11-14-12(16-15-11)9-4-5-10(13)7-9/h4-5,8-10H,3,6-7,13H2,1-2H3. The van der Waals surface area contributed by atoms with E-state index in [1.54, 1.807) is 0 Å². The van der Waals surface area contributed by atoms with Crippen LogP contribution >= 0.6 is 0 Å². The Bertz CT molecular complexity index is 370. The van der Waals surface area contributed by atoms with E-state index in [1.807, 2.05) is 6.08 Å². The van der Waals surface area contributed by atoms with E-state index in [-0.39, 0.29) is 12.0 Å². The highest BCUT2D eigenvalue weighted by Gasteiger charge is 2.22. The molecule has 0 aromatic carbocycles. The second-order valence-electron chi connectivity index (χ2n) is 4.87. The quantitative estimate of drug-likeness (QED) is 0.790. The molecule has 4 nitrogen and oxygen atoms in total. The first-order chi connectivity index (χ1) is 7.65. The van der Waals surface area contributed by atoms with E-state index in [9.17, 15) is 0 Å². The lowest BCUT2D eigenvalue weighted by atomic mass is 10.1. The molecule has 2 unspecified atom stereocenters. The van der Waals surface area contributed by atoms with Crippen LogP contribution in [0.3, 0.4) is 0 Å². The third kappa shape index (κ3) is 2.70. The van der Waals surface area contributed by atoms with Crippen molar-refractivity contribution in [1.29, 1.82) is 0 Å². The summed E-state index contributed by atoms with van der Waals surface area (Å²) in [6.45, 7) is 4.39. The van der Waals surface area contributed by atoms with Gasteiger partial charge in [-0.25, -0.2) is 0 Å². The molecule has 88 valence electrons. The van der Waals surface area contributed by atoms with Crippen molar-refractivity contribution in [2.45, 2.75) is 45.1 Å². The minimum absolute atomic E-state index is 0.135. The van der Waals surface area contributed by atoms with Crippen LogP contribution in [0.5, 0.6) is 0 Å². The van der Waals surface area contributed by atoms with E-state index < -0.39 is 0 Å². The Hall–Kier alpha value is -1.16. The summed E-state index contributed by atoms with van der Waals surface area (Å²) in [5.74, 6) is 2.41. The zero-order chi connectivity index (χ0) is 11.5. The average Bonchev–Trinajstić information content (AvgIpc) is 2.83. The van der Waals surface area contributed by atoms with Crippen molar-refractivity contribution >= 4 is 0 Å². The Balaban J connectivity index is 1.95. The van der Waals surface area contributed by atoms with Crippen molar-refractivity contribution in [2.24, 2.45) is 11.7 Å². The predicted octanol–water partition coefficient (Wildman–Crippen LogP) is 2.03. The van der Waals surface area contributed by atoms with Gasteiger partial charge in [0, 0.05) is 12.5 Å². The van der Waals surface area contributed by atoms with E-state index in [4.69, 9.17) is 10.3 Å². The summed E-state index contributed by atoms with van der Waals surface area (Å²) in [6.07, 6.45) is 6.93. The Morgan fingerprint density at radius 2 is 2.31 bits per heavy atom. The van der Waals surface area contributed by atoms with E-state index in [0.717, 1.165) is 25.1 Å². The molecule has 16 heavy (non-hydrogen) atoms. The first-order valence-corrected chi connectivity index (χ1v) is 5.91. The Kier molecular flexibility index (Phi) is 3.39. The molecular formula is C12H19N3O. The van der Waals surface area contributed by atoms with Gasteiger partial charge in [-0.05, 0) is 18.8 Å². The topological polar surface area (TPSA) is 64.9 Å². The molecule has 1 aliphatic carbocycles. The molecule has 1 aromatic rings. The van der Waals surface area contributed by atoms with Gasteiger partial charge in [-0.2, -0.15) is 4.98 Å². The van der Waals surface area contributed by atoms with Gasteiger partial charge in [0.25, 0.3) is 0 Å². The fourth-order valence-electron chi connectivity index (χ4n) is 1.85. The normalized spacial score (nSPS) is 24.5. The van der Waals surface area contributed by atoms with Gasteiger partial charge in [-0.3, -0.25) is 0 Å². The van der Waals surface area contributed by atoms with Gasteiger partial charge < -0.3 is 10.3 Å². The number of aryl methyl sites for hydroxylation is 1. The second-order valence-corrected chi connectivity index (χ2v) is 4.87. The third-order valence-electron chi connectivity index (χ3n) is 2.86. The van der Waals surface area contributed by atoms with Crippen molar-refractivity contribution < 1.29 is 4.52 Å². The van der Waals surface area contributed by atoms with Crippen LogP contribution in [0.15, 0.2) is 16.7 Å². The van der Waals surface area contributed by atoms with Crippen LogP contribution in [0.2, 0.25) is 0 Å². The minimum Gasteiger partial charge on any atom is -0.339 e. The van der Waals surface area contributed by atoms with Crippen LogP contribution < -0.4 is 5.73 Å². The lowest BCUT2D eigenvalue weighted by Crippen LogP contribution is -2.14. The largest absolute Gasteiger partial charge is 0.339 e. The van der Waals surface area contributed by atoms with Gasteiger partial charge in [-0.15, -0.1) is 0 Å². The van der Waals surface area contributed by atoms with Crippen LogP contribution in [0, 0.1) is 5.92 Å². The van der Waals surface area contributed by atoms with Crippen LogP contribution in [0.4, 0.5) is 0 Å². The summed E-state index contributed by atoms with van der Waals surface area (Å²) in [4.78, 5) is 4.41. The Labute approximate surface area is 95.9 Å². The van der Waals surface area contributed by atoms with Crippen LogP contribution in [-0.2, 0) is 6.42 Å². The van der Waals surface area contributed by atoms with E-state index in [0.29, 0.717) is 11.8 Å². The lowest BCUT2D eigenvalue weighted by molar-refractivity contribution is 0.359. The maximum Gasteiger partial charge on any atom is 0.233 e. The maximum atomic E-state index is 5.79. The van der Waals surface area contributed by atoms with Gasteiger partial charge >= 0.3 is 0 Å². The summed E-state index contributed by atoms with van der Waals surface area (Å²) in [6, 6.07) is 0.135. The molecule has 0 spiro atoms. The minimum atomic E-state index is 0.135. The zero-order valence-electron chi connectivity index (χ0n) is 9.89. The first kappa shape index (κ1) is 11.3. The predicted molar refractivity (Wildman–Crippen MR) is 61.9 cm³/mol. The summed E-state index contributed by atoms with van der Waals surface area (Å²) in [7, 11) is 0. The molecule has 0 amide bonds. The molecular weight excluding hydrogens is 202 g/mol. The molecule has 0 fully saturated rings. The number of aromatic nitrogens is 2. The fraction of sp³-hybridized carbons (Fsp3) is 0.667. The highest BCUT2D eigenvalue weighted by Crippen LogP contribution is 2.26. The fourth-order valence-corrected chi connectivity index (χ4v) is 1.85. The number of allylic oxidation sites excluding steroid dienone is 1. The van der Waals surface area contributed by atoms with Crippen molar-refractivity contribution in [3.8, 4) is 0 Å². The summed E-state index contributed by atoms with van der Waals surface area (Å²) in [5.41, 5.74) is 5.79. The molecule has 0 saturated heterocycles. The van der Waals surface area contributed by atoms with Crippen molar-refractivity contribution in [2.75, 3.05) is 0 Å². The lowest BCUT2D eigenvalue weighted by Gasteiger charge is -2.02. The molecule has 1 heterocycles. The van der Waals surface area contributed by atoms with Crippen LogP contribution in [-0.4, -0.2) is 16.2 Å². The van der Waals surface area contributed by atoms with Crippen LogP contribution in [0.25, 0.3) is 0 Å². The van der Waals surface area contributed by atoms with E-state index in [2.05, 4.69) is 30.1 Å². The monoisotopic (exact) mass is 221 g/mol.